The first-order chi connectivity index (χ1) is 8.22. The Balaban J connectivity index is 2.25. The lowest BCUT2D eigenvalue weighted by molar-refractivity contribution is 0.0690. The molecule has 0 aromatic carbocycles. The number of aromatic carboxylic acids is 1. The molecule has 1 N–H and O–H groups in total. The van der Waals surface area contributed by atoms with Gasteiger partial charge in [-0.05, 0) is 37.8 Å². The quantitative estimate of drug-likeness (QED) is 0.873. The predicted octanol–water partition coefficient (Wildman–Crippen LogP) is 2.55. The Kier molecular flexibility index (Phi) is 3.61. The molecule has 2 heterocycles. The summed E-state index contributed by atoms with van der Waals surface area (Å²) < 4.78 is 0. The second-order valence-electron chi connectivity index (χ2n) is 4.46. The minimum atomic E-state index is -0.961. The summed E-state index contributed by atoms with van der Waals surface area (Å²) >= 11 is 0. The van der Waals surface area contributed by atoms with E-state index in [4.69, 9.17) is 5.11 Å². The maximum Gasteiger partial charge on any atom is 0.354 e. The fourth-order valence-electron chi connectivity index (χ4n) is 2.48. The van der Waals surface area contributed by atoms with Gasteiger partial charge in [0.15, 0.2) is 0 Å². The fraction of sp³-hybridized carbons (Fsp3) is 0.538. The zero-order chi connectivity index (χ0) is 12.3. The number of carboxylic acid groups (broad SMARTS) is 1. The van der Waals surface area contributed by atoms with E-state index in [-0.39, 0.29) is 5.69 Å². The van der Waals surface area contributed by atoms with Crippen molar-refractivity contribution in [1.82, 2.24) is 4.98 Å². The summed E-state index contributed by atoms with van der Waals surface area (Å²) in [7, 11) is 0. The number of pyridine rings is 1. The Hall–Kier alpha value is -1.58. The van der Waals surface area contributed by atoms with Gasteiger partial charge in [-0.1, -0.05) is 6.92 Å². The van der Waals surface area contributed by atoms with E-state index in [2.05, 4.69) is 16.8 Å². The van der Waals surface area contributed by atoms with Crippen LogP contribution in [-0.4, -0.2) is 28.6 Å². The molecule has 92 valence electrons. The third-order valence-corrected chi connectivity index (χ3v) is 3.39. The molecule has 0 radical (unpaired) electrons. The van der Waals surface area contributed by atoms with Crippen LogP contribution in [0.3, 0.4) is 0 Å². The van der Waals surface area contributed by atoms with E-state index in [1.807, 2.05) is 6.07 Å². The lowest BCUT2D eigenvalue weighted by Gasteiger charge is -2.37. The zero-order valence-electron chi connectivity index (χ0n) is 10.1. The van der Waals surface area contributed by atoms with Crippen molar-refractivity contribution in [3.63, 3.8) is 0 Å². The van der Waals surface area contributed by atoms with Crippen molar-refractivity contribution in [2.75, 3.05) is 11.4 Å². The predicted molar refractivity (Wildman–Crippen MR) is 66.5 cm³/mol. The van der Waals surface area contributed by atoms with E-state index >= 15 is 0 Å². The van der Waals surface area contributed by atoms with E-state index in [9.17, 15) is 4.79 Å². The van der Waals surface area contributed by atoms with Crippen LogP contribution in [0, 0.1) is 0 Å². The topological polar surface area (TPSA) is 53.4 Å². The lowest BCUT2D eigenvalue weighted by atomic mass is 9.99. The molecule has 1 atom stereocenters. The molecule has 1 aliphatic rings. The van der Waals surface area contributed by atoms with E-state index < -0.39 is 5.97 Å². The van der Waals surface area contributed by atoms with E-state index in [0.29, 0.717) is 6.04 Å². The SMILES string of the molecule is CCC1CCCCN1c1ccnc(C(=O)O)c1. The Labute approximate surface area is 101 Å². The highest BCUT2D eigenvalue weighted by molar-refractivity contribution is 5.86. The van der Waals surface area contributed by atoms with Crippen LogP contribution in [-0.2, 0) is 0 Å². The highest BCUT2D eigenvalue weighted by atomic mass is 16.4. The van der Waals surface area contributed by atoms with Gasteiger partial charge < -0.3 is 10.0 Å². The molecule has 0 amide bonds. The first-order valence-electron chi connectivity index (χ1n) is 6.18. The largest absolute Gasteiger partial charge is 0.477 e. The zero-order valence-corrected chi connectivity index (χ0v) is 10.1. The molecule has 0 saturated carbocycles. The number of carbonyl (C=O) groups is 1. The molecule has 2 rings (SSSR count). The first-order valence-corrected chi connectivity index (χ1v) is 6.18. The van der Waals surface area contributed by atoms with Gasteiger partial charge >= 0.3 is 5.97 Å². The smallest absolute Gasteiger partial charge is 0.354 e. The maximum absolute atomic E-state index is 10.9. The van der Waals surface area contributed by atoms with E-state index in [1.54, 1.807) is 12.3 Å². The van der Waals surface area contributed by atoms with Crippen LogP contribution in [0.25, 0.3) is 0 Å². The standard InChI is InChI=1S/C13H18N2O2/c1-2-10-5-3-4-8-15(10)11-6-7-14-12(9-11)13(16)17/h6-7,9-10H,2-5,8H2,1H3,(H,16,17). The summed E-state index contributed by atoms with van der Waals surface area (Å²) in [5.74, 6) is -0.961. The molecule has 1 aliphatic heterocycles. The Bertz CT molecular complexity index is 406. The molecule has 1 saturated heterocycles. The van der Waals surface area contributed by atoms with Gasteiger partial charge in [0.2, 0.25) is 0 Å². The van der Waals surface area contributed by atoms with Gasteiger partial charge in [0, 0.05) is 24.5 Å². The highest BCUT2D eigenvalue weighted by Crippen LogP contribution is 2.26. The number of anilines is 1. The summed E-state index contributed by atoms with van der Waals surface area (Å²) in [6.07, 6.45) is 6.33. The molecule has 1 unspecified atom stereocenters. The molecule has 1 fully saturated rings. The van der Waals surface area contributed by atoms with Crippen LogP contribution in [0.4, 0.5) is 5.69 Å². The van der Waals surface area contributed by atoms with E-state index in [0.717, 1.165) is 18.7 Å². The number of aromatic nitrogens is 1. The van der Waals surface area contributed by atoms with Crippen LogP contribution in [0.2, 0.25) is 0 Å². The Morgan fingerprint density at radius 3 is 3.12 bits per heavy atom. The number of rotatable bonds is 3. The van der Waals surface area contributed by atoms with Crippen molar-refractivity contribution in [1.29, 1.82) is 0 Å². The minimum Gasteiger partial charge on any atom is -0.477 e. The number of hydrogen-bond donors (Lipinski definition) is 1. The summed E-state index contributed by atoms with van der Waals surface area (Å²) in [6.45, 7) is 3.20. The van der Waals surface area contributed by atoms with Crippen molar-refractivity contribution in [3.8, 4) is 0 Å². The van der Waals surface area contributed by atoms with Gasteiger partial charge in [0.1, 0.15) is 5.69 Å². The van der Waals surface area contributed by atoms with Gasteiger partial charge in [-0.2, -0.15) is 0 Å². The summed E-state index contributed by atoms with van der Waals surface area (Å²) in [5.41, 5.74) is 1.12. The number of piperidine rings is 1. The summed E-state index contributed by atoms with van der Waals surface area (Å²) in [4.78, 5) is 17.1. The number of carboxylic acids is 1. The number of nitrogens with zero attached hydrogens (tertiary/aromatic N) is 2. The molecular formula is C13H18N2O2. The molecular weight excluding hydrogens is 216 g/mol. The molecule has 0 aliphatic carbocycles. The van der Waals surface area contributed by atoms with Gasteiger partial charge in [-0.25, -0.2) is 9.78 Å². The average Bonchev–Trinajstić information content (AvgIpc) is 2.39. The van der Waals surface area contributed by atoms with Crippen LogP contribution < -0.4 is 4.90 Å². The van der Waals surface area contributed by atoms with E-state index in [1.165, 1.54) is 19.3 Å². The van der Waals surface area contributed by atoms with Crippen molar-refractivity contribution in [2.45, 2.75) is 38.6 Å². The van der Waals surface area contributed by atoms with Crippen LogP contribution in [0.1, 0.15) is 43.1 Å². The third kappa shape index (κ3) is 2.57. The molecule has 4 nitrogen and oxygen atoms in total. The minimum absolute atomic E-state index is 0.128. The molecule has 17 heavy (non-hydrogen) atoms. The lowest BCUT2D eigenvalue weighted by Crippen LogP contribution is -2.39. The van der Waals surface area contributed by atoms with Crippen molar-refractivity contribution in [3.05, 3.63) is 24.0 Å². The molecule has 1 aromatic heterocycles. The first kappa shape index (κ1) is 11.9. The third-order valence-electron chi connectivity index (χ3n) is 3.39. The molecule has 0 bridgehead atoms. The highest BCUT2D eigenvalue weighted by Gasteiger charge is 2.21. The Morgan fingerprint density at radius 1 is 1.59 bits per heavy atom. The van der Waals surface area contributed by atoms with Crippen LogP contribution in [0.15, 0.2) is 18.3 Å². The molecule has 1 aromatic rings. The van der Waals surface area contributed by atoms with Crippen molar-refractivity contribution >= 4 is 11.7 Å². The molecule has 0 spiro atoms. The summed E-state index contributed by atoms with van der Waals surface area (Å²) in [6, 6.07) is 4.12. The van der Waals surface area contributed by atoms with Gasteiger partial charge in [-0.3, -0.25) is 0 Å². The van der Waals surface area contributed by atoms with Crippen LogP contribution >= 0.6 is 0 Å². The van der Waals surface area contributed by atoms with Gasteiger partial charge in [0.25, 0.3) is 0 Å². The second-order valence-corrected chi connectivity index (χ2v) is 4.46. The Morgan fingerprint density at radius 2 is 2.41 bits per heavy atom. The van der Waals surface area contributed by atoms with Crippen LogP contribution in [0.5, 0.6) is 0 Å². The van der Waals surface area contributed by atoms with Gasteiger partial charge in [-0.15, -0.1) is 0 Å². The van der Waals surface area contributed by atoms with Gasteiger partial charge in [0.05, 0.1) is 0 Å². The maximum atomic E-state index is 10.9. The normalized spacial score (nSPS) is 20.3. The monoisotopic (exact) mass is 234 g/mol. The number of hydrogen-bond acceptors (Lipinski definition) is 3. The second kappa shape index (κ2) is 5.17. The fourth-order valence-corrected chi connectivity index (χ4v) is 2.48. The van der Waals surface area contributed by atoms with Crippen molar-refractivity contribution < 1.29 is 9.90 Å². The van der Waals surface area contributed by atoms with Crippen molar-refractivity contribution in [2.24, 2.45) is 0 Å². The molecule has 4 heteroatoms. The summed E-state index contributed by atoms with van der Waals surface area (Å²) in [5, 5.41) is 8.95. The average molecular weight is 234 g/mol.